The molecular formula is C33H30N4OS. The van der Waals surface area contributed by atoms with Gasteiger partial charge in [0.2, 0.25) is 0 Å². The minimum absolute atomic E-state index is 0.118. The Hall–Kier alpha value is -4.42. The molecule has 1 saturated heterocycles. The molecule has 0 aliphatic carbocycles. The van der Waals surface area contributed by atoms with E-state index in [1.54, 1.807) is 0 Å². The Bertz CT molecular complexity index is 1630. The van der Waals surface area contributed by atoms with E-state index < -0.39 is 0 Å². The molecule has 0 spiro atoms. The van der Waals surface area contributed by atoms with Gasteiger partial charge >= 0.3 is 0 Å². The summed E-state index contributed by atoms with van der Waals surface area (Å²) in [6.45, 7) is 6.34. The van der Waals surface area contributed by atoms with E-state index >= 15 is 0 Å². The van der Waals surface area contributed by atoms with Crippen molar-refractivity contribution in [1.82, 2.24) is 14.9 Å². The van der Waals surface area contributed by atoms with Gasteiger partial charge in [0.15, 0.2) is 5.11 Å². The number of nitrogens with one attached hydrogen (secondary N) is 1. The van der Waals surface area contributed by atoms with Gasteiger partial charge in [0.1, 0.15) is 17.5 Å². The Kier molecular flexibility index (Phi) is 6.63. The van der Waals surface area contributed by atoms with E-state index in [0.717, 1.165) is 39.8 Å². The number of nitrogens with zero attached hydrogens (tertiary/aromatic N) is 3. The lowest BCUT2D eigenvalue weighted by atomic mass is 10.0. The third kappa shape index (κ3) is 4.79. The summed E-state index contributed by atoms with van der Waals surface area (Å²) in [6.07, 6.45) is 3.95. The number of hydrogen-bond acceptors (Lipinski definition) is 3. The molecule has 3 heterocycles. The quantitative estimate of drug-likeness (QED) is 0.227. The smallest absolute Gasteiger partial charge is 0.174 e. The predicted molar refractivity (Wildman–Crippen MR) is 161 cm³/mol. The molecule has 6 rings (SSSR count). The van der Waals surface area contributed by atoms with Crippen LogP contribution >= 0.6 is 12.2 Å². The van der Waals surface area contributed by atoms with Crippen molar-refractivity contribution in [3.63, 3.8) is 0 Å². The number of anilines is 1. The van der Waals surface area contributed by atoms with Gasteiger partial charge in [0.25, 0.3) is 0 Å². The first kappa shape index (κ1) is 24.9. The van der Waals surface area contributed by atoms with E-state index in [4.69, 9.17) is 21.9 Å². The first-order chi connectivity index (χ1) is 19.0. The van der Waals surface area contributed by atoms with E-state index in [-0.39, 0.29) is 12.1 Å². The second-order valence-corrected chi connectivity index (χ2v) is 10.3. The van der Waals surface area contributed by atoms with Crippen LogP contribution in [0.25, 0.3) is 5.69 Å². The van der Waals surface area contributed by atoms with Crippen LogP contribution in [0.4, 0.5) is 5.69 Å². The molecule has 1 aliphatic heterocycles. The normalized spacial score (nSPS) is 16.8. The van der Waals surface area contributed by atoms with Gasteiger partial charge < -0.3 is 19.5 Å². The average molecular weight is 531 g/mol. The Balaban J connectivity index is 1.40. The van der Waals surface area contributed by atoms with Gasteiger partial charge in [0, 0.05) is 29.5 Å². The van der Waals surface area contributed by atoms with Crippen molar-refractivity contribution in [1.29, 1.82) is 0 Å². The highest BCUT2D eigenvalue weighted by Crippen LogP contribution is 2.42. The standard InChI is InChI=1S/C33H30N4OS/c1-22-13-14-26(21-24(22)3)36-20-8-11-29(36)32-31(28-10-6-7-19-34-28)35-33(39)37(32)25-15-17-27(18-16-25)38-30-12-5-4-9-23(30)2/h4-21,31-32H,1-3H3,(H,35,39)/t31-,32+/m0/s1. The molecule has 1 aliphatic rings. The fraction of sp³-hybridized carbons (Fsp3) is 0.152. The molecule has 5 aromatic rings. The zero-order valence-corrected chi connectivity index (χ0v) is 23.0. The summed E-state index contributed by atoms with van der Waals surface area (Å²) in [4.78, 5) is 6.90. The van der Waals surface area contributed by atoms with Gasteiger partial charge in [-0.15, -0.1) is 0 Å². The summed E-state index contributed by atoms with van der Waals surface area (Å²) in [6, 6.07) is 32.8. The molecule has 2 aromatic heterocycles. The third-order valence-corrected chi connectivity index (χ3v) is 7.70. The molecule has 194 valence electrons. The Morgan fingerprint density at radius 2 is 1.54 bits per heavy atom. The van der Waals surface area contributed by atoms with E-state index in [9.17, 15) is 0 Å². The topological polar surface area (TPSA) is 42.3 Å². The number of thiocarbonyl (C=S) groups is 1. The van der Waals surface area contributed by atoms with E-state index in [1.165, 1.54) is 11.1 Å². The summed E-state index contributed by atoms with van der Waals surface area (Å²) in [7, 11) is 0. The van der Waals surface area contributed by atoms with Crippen LogP contribution in [0.1, 0.15) is 40.2 Å². The van der Waals surface area contributed by atoms with Crippen molar-refractivity contribution in [2.45, 2.75) is 32.9 Å². The third-order valence-electron chi connectivity index (χ3n) is 7.39. The first-order valence-corrected chi connectivity index (χ1v) is 13.5. The lowest BCUT2D eigenvalue weighted by molar-refractivity contribution is 0.479. The zero-order valence-electron chi connectivity index (χ0n) is 22.2. The first-order valence-electron chi connectivity index (χ1n) is 13.1. The van der Waals surface area contributed by atoms with Crippen molar-refractivity contribution in [2.75, 3.05) is 4.90 Å². The molecule has 1 fully saturated rings. The minimum Gasteiger partial charge on any atom is -0.457 e. The molecule has 0 bridgehead atoms. The molecule has 0 radical (unpaired) electrons. The van der Waals surface area contributed by atoms with Gasteiger partial charge in [-0.1, -0.05) is 30.3 Å². The van der Waals surface area contributed by atoms with Crippen molar-refractivity contribution in [3.8, 4) is 17.2 Å². The lowest BCUT2D eigenvalue weighted by Gasteiger charge is -2.29. The second kappa shape index (κ2) is 10.4. The number of hydrogen-bond donors (Lipinski definition) is 1. The predicted octanol–water partition coefficient (Wildman–Crippen LogP) is 7.77. The van der Waals surface area contributed by atoms with E-state index in [1.807, 2.05) is 61.7 Å². The van der Waals surface area contributed by atoms with Crippen molar-refractivity contribution in [2.24, 2.45) is 0 Å². The number of benzene rings is 3. The summed E-state index contributed by atoms with van der Waals surface area (Å²) < 4.78 is 8.42. The number of aryl methyl sites for hydroxylation is 3. The molecule has 3 aromatic carbocycles. The van der Waals surface area contributed by atoms with Crippen LogP contribution in [0.5, 0.6) is 11.5 Å². The Morgan fingerprint density at radius 1 is 0.769 bits per heavy atom. The van der Waals surface area contributed by atoms with Gasteiger partial charge in [0.05, 0.1) is 11.7 Å². The van der Waals surface area contributed by atoms with Gasteiger partial charge in [-0.25, -0.2) is 0 Å². The number of rotatable bonds is 6. The lowest BCUT2D eigenvalue weighted by Crippen LogP contribution is -2.30. The summed E-state index contributed by atoms with van der Waals surface area (Å²) >= 11 is 5.95. The fourth-order valence-corrected chi connectivity index (χ4v) is 5.50. The summed E-state index contributed by atoms with van der Waals surface area (Å²) in [5.74, 6) is 1.63. The number of aromatic nitrogens is 2. The molecule has 2 atom stereocenters. The Morgan fingerprint density at radius 3 is 2.28 bits per heavy atom. The fourth-order valence-electron chi connectivity index (χ4n) is 5.15. The van der Waals surface area contributed by atoms with Gasteiger partial charge in [-0.2, -0.15) is 0 Å². The maximum absolute atomic E-state index is 6.16. The molecule has 39 heavy (non-hydrogen) atoms. The van der Waals surface area contributed by atoms with Crippen molar-refractivity contribution >= 4 is 23.0 Å². The SMILES string of the molecule is Cc1ccc(-n2cccc2[C@@H]2[C@H](c3ccccn3)NC(=S)N2c2ccc(Oc3ccccc3C)cc2)cc1C. The number of pyridine rings is 1. The van der Waals surface area contributed by atoms with Crippen LogP contribution < -0.4 is 15.0 Å². The molecule has 0 saturated carbocycles. The maximum Gasteiger partial charge on any atom is 0.174 e. The highest BCUT2D eigenvalue weighted by Gasteiger charge is 2.42. The molecule has 1 N–H and O–H groups in total. The summed E-state index contributed by atoms with van der Waals surface area (Å²) in [5, 5.41) is 4.23. The van der Waals surface area contributed by atoms with Crippen LogP contribution in [-0.2, 0) is 0 Å². The van der Waals surface area contributed by atoms with Crippen molar-refractivity contribution in [3.05, 3.63) is 138 Å². The van der Waals surface area contributed by atoms with Crippen LogP contribution in [0.2, 0.25) is 0 Å². The summed E-state index contributed by atoms with van der Waals surface area (Å²) in [5.41, 5.74) is 7.81. The van der Waals surface area contributed by atoms with Crippen LogP contribution in [0, 0.1) is 20.8 Å². The number of ether oxygens (including phenoxy) is 1. The maximum atomic E-state index is 6.16. The molecule has 0 unspecified atom stereocenters. The van der Waals surface area contributed by atoms with Crippen LogP contribution in [0.3, 0.4) is 0 Å². The van der Waals surface area contributed by atoms with E-state index in [0.29, 0.717) is 5.11 Å². The second-order valence-electron chi connectivity index (χ2n) is 9.93. The van der Waals surface area contributed by atoms with Crippen LogP contribution in [0.15, 0.2) is 109 Å². The minimum atomic E-state index is -0.123. The molecule has 0 amide bonds. The highest BCUT2D eigenvalue weighted by molar-refractivity contribution is 7.80. The molecule has 6 heteroatoms. The van der Waals surface area contributed by atoms with Crippen LogP contribution in [-0.4, -0.2) is 14.7 Å². The van der Waals surface area contributed by atoms with Gasteiger partial charge in [-0.05, 0) is 116 Å². The zero-order chi connectivity index (χ0) is 26.9. The average Bonchev–Trinajstić information content (AvgIpc) is 3.57. The monoisotopic (exact) mass is 530 g/mol. The van der Waals surface area contributed by atoms with Gasteiger partial charge in [-0.3, -0.25) is 4.98 Å². The number of para-hydroxylation sites is 1. The molecule has 5 nitrogen and oxygen atoms in total. The highest BCUT2D eigenvalue weighted by atomic mass is 32.1. The van der Waals surface area contributed by atoms with E-state index in [2.05, 4.69) is 83.4 Å². The van der Waals surface area contributed by atoms with Crippen molar-refractivity contribution < 1.29 is 4.74 Å². The molecular weight excluding hydrogens is 500 g/mol. The largest absolute Gasteiger partial charge is 0.457 e. The Labute approximate surface area is 234 Å².